The van der Waals surface area contributed by atoms with Crippen molar-refractivity contribution >= 4 is 0 Å². The molecule has 1 fully saturated rings. The summed E-state index contributed by atoms with van der Waals surface area (Å²) in [6.45, 7) is 6.17. The molecule has 0 unspecified atom stereocenters. The molecule has 1 N–H and O–H groups in total. The first kappa shape index (κ1) is 7.80. The Balaban J connectivity index is 2.23. The molecule has 1 aromatic heterocycles. The van der Waals surface area contributed by atoms with Crippen LogP contribution in [0.5, 0.6) is 0 Å². The van der Waals surface area contributed by atoms with Crippen LogP contribution in [-0.4, -0.2) is 18.1 Å². The smallest absolute Gasteiger partial charge is 0.194 e. The van der Waals surface area contributed by atoms with Crippen molar-refractivity contribution in [3.05, 3.63) is 17.3 Å². The van der Waals surface area contributed by atoms with E-state index in [1.54, 1.807) is 0 Å². The highest BCUT2D eigenvalue weighted by molar-refractivity contribution is 5.17. The number of aryl methyl sites for hydroxylation is 2. The van der Waals surface area contributed by atoms with Crippen LogP contribution >= 0.6 is 0 Å². The van der Waals surface area contributed by atoms with E-state index in [1.165, 1.54) is 0 Å². The lowest BCUT2D eigenvalue weighted by Crippen LogP contribution is -2.40. The fraction of sp³-hybridized carbons (Fsp3) is 0.667. The van der Waals surface area contributed by atoms with E-state index in [-0.39, 0.29) is 0 Å². The fourth-order valence-corrected chi connectivity index (χ4v) is 1.48. The Bertz CT molecular complexity index is 276. The highest BCUT2D eigenvalue weighted by atomic mass is 16.4. The summed E-state index contributed by atoms with van der Waals surface area (Å²) in [6, 6.07) is 0. The molecule has 0 aliphatic carbocycles. The minimum absolute atomic E-state index is 0.592. The molecule has 1 aliphatic heterocycles. The van der Waals surface area contributed by atoms with E-state index in [4.69, 9.17) is 4.42 Å². The molecule has 0 radical (unpaired) electrons. The predicted molar refractivity (Wildman–Crippen MR) is 46.2 cm³/mol. The maximum atomic E-state index is 5.48. The van der Waals surface area contributed by atoms with Crippen molar-refractivity contribution in [1.82, 2.24) is 10.3 Å². The van der Waals surface area contributed by atoms with Crippen LogP contribution < -0.4 is 5.32 Å². The third-order valence-electron chi connectivity index (χ3n) is 2.35. The van der Waals surface area contributed by atoms with Gasteiger partial charge in [0.25, 0.3) is 0 Å². The zero-order valence-corrected chi connectivity index (χ0v) is 7.55. The van der Waals surface area contributed by atoms with Gasteiger partial charge in [-0.25, -0.2) is 4.98 Å². The lowest BCUT2D eigenvalue weighted by Gasteiger charge is -2.25. The van der Waals surface area contributed by atoms with Crippen LogP contribution in [0.2, 0.25) is 0 Å². The van der Waals surface area contributed by atoms with Gasteiger partial charge >= 0.3 is 0 Å². The molecule has 0 amide bonds. The van der Waals surface area contributed by atoms with Crippen molar-refractivity contribution in [1.29, 1.82) is 0 Å². The van der Waals surface area contributed by atoms with Crippen molar-refractivity contribution in [2.75, 3.05) is 13.1 Å². The maximum Gasteiger partial charge on any atom is 0.194 e. The molecule has 3 nitrogen and oxygen atoms in total. The summed E-state index contributed by atoms with van der Waals surface area (Å²) < 4.78 is 5.48. The molecule has 0 saturated carbocycles. The number of nitrogens with one attached hydrogen (secondary N) is 1. The van der Waals surface area contributed by atoms with E-state index >= 15 is 0 Å². The zero-order valence-electron chi connectivity index (χ0n) is 7.55. The third kappa shape index (κ3) is 1.14. The molecule has 1 saturated heterocycles. The second kappa shape index (κ2) is 2.90. The van der Waals surface area contributed by atoms with Gasteiger partial charge in [0.2, 0.25) is 0 Å². The number of hydrogen-bond donors (Lipinski definition) is 1. The standard InChI is InChI=1S/C9H14N2O/c1-3-8-11-9(6(2)12-8)7-4-10-5-7/h7,10H,3-5H2,1-2H3. The quantitative estimate of drug-likeness (QED) is 0.718. The summed E-state index contributed by atoms with van der Waals surface area (Å²) in [5, 5.41) is 3.23. The Labute approximate surface area is 72.2 Å². The summed E-state index contributed by atoms with van der Waals surface area (Å²) in [7, 11) is 0. The third-order valence-corrected chi connectivity index (χ3v) is 2.35. The molecule has 0 aromatic carbocycles. The summed E-state index contributed by atoms with van der Waals surface area (Å²) in [4.78, 5) is 4.44. The van der Waals surface area contributed by atoms with Crippen LogP contribution in [-0.2, 0) is 6.42 Å². The number of nitrogens with zero attached hydrogens (tertiary/aromatic N) is 1. The monoisotopic (exact) mass is 166 g/mol. The molecule has 12 heavy (non-hydrogen) atoms. The van der Waals surface area contributed by atoms with Gasteiger partial charge in [0.05, 0.1) is 5.69 Å². The van der Waals surface area contributed by atoms with Gasteiger partial charge in [-0.2, -0.15) is 0 Å². The first-order valence-electron chi connectivity index (χ1n) is 4.48. The van der Waals surface area contributed by atoms with Crippen LogP contribution in [0.3, 0.4) is 0 Å². The maximum absolute atomic E-state index is 5.48. The summed E-state index contributed by atoms with van der Waals surface area (Å²) >= 11 is 0. The summed E-state index contributed by atoms with van der Waals surface area (Å²) in [5.41, 5.74) is 1.16. The Morgan fingerprint density at radius 1 is 1.58 bits per heavy atom. The van der Waals surface area contributed by atoms with Crippen molar-refractivity contribution < 1.29 is 4.42 Å². The van der Waals surface area contributed by atoms with Crippen LogP contribution in [0.15, 0.2) is 4.42 Å². The van der Waals surface area contributed by atoms with E-state index in [0.29, 0.717) is 5.92 Å². The van der Waals surface area contributed by atoms with Crippen molar-refractivity contribution in [3.63, 3.8) is 0 Å². The fourth-order valence-electron chi connectivity index (χ4n) is 1.48. The molecule has 1 aromatic rings. The van der Waals surface area contributed by atoms with Gasteiger partial charge in [-0.05, 0) is 6.92 Å². The zero-order chi connectivity index (χ0) is 8.55. The van der Waals surface area contributed by atoms with Crippen LogP contribution in [0, 0.1) is 6.92 Å². The Hall–Kier alpha value is -0.830. The van der Waals surface area contributed by atoms with Gasteiger partial charge in [0, 0.05) is 25.4 Å². The Kier molecular flexibility index (Phi) is 1.89. The summed E-state index contributed by atoms with van der Waals surface area (Å²) in [6.07, 6.45) is 0.890. The first-order valence-corrected chi connectivity index (χ1v) is 4.48. The first-order chi connectivity index (χ1) is 5.81. The lowest BCUT2D eigenvalue weighted by molar-refractivity contribution is 0.431. The molecular formula is C9H14N2O. The highest BCUT2D eigenvalue weighted by Gasteiger charge is 2.24. The Morgan fingerprint density at radius 2 is 2.33 bits per heavy atom. The SMILES string of the molecule is CCc1nc(C2CNC2)c(C)o1. The van der Waals surface area contributed by atoms with Gasteiger partial charge < -0.3 is 9.73 Å². The van der Waals surface area contributed by atoms with E-state index < -0.39 is 0 Å². The predicted octanol–water partition coefficient (Wildman–Crippen LogP) is 1.23. The Morgan fingerprint density at radius 3 is 2.75 bits per heavy atom. The second-order valence-corrected chi connectivity index (χ2v) is 3.26. The molecule has 0 spiro atoms. The second-order valence-electron chi connectivity index (χ2n) is 3.26. The molecule has 1 aliphatic rings. The van der Waals surface area contributed by atoms with Crippen LogP contribution in [0.25, 0.3) is 0 Å². The van der Waals surface area contributed by atoms with Crippen molar-refractivity contribution in [2.45, 2.75) is 26.2 Å². The molecule has 0 bridgehead atoms. The average Bonchev–Trinajstić information content (AvgIpc) is 2.29. The molecule has 66 valence electrons. The van der Waals surface area contributed by atoms with E-state index in [0.717, 1.165) is 36.9 Å². The lowest BCUT2D eigenvalue weighted by atomic mass is 9.98. The van der Waals surface area contributed by atoms with Crippen molar-refractivity contribution in [2.24, 2.45) is 0 Å². The number of aromatic nitrogens is 1. The van der Waals surface area contributed by atoms with Crippen molar-refractivity contribution in [3.8, 4) is 0 Å². The molecular weight excluding hydrogens is 152 g/mol. The molecule has 3 heteroatoms. The van der Waals surface area contributed by atoms with Crippen LogP contribution in [0.1, 0.15) is 30.2 Å². The number of oxazole rings is 1. The van der Waals surface area contributed by atoms with E-state index in [2.05, 4.69) is 17.2 Å². The minimum Gasteiger partial charge on any atom is -0.446 e. The van der Waals surface area contributed by atoms with E-state index in [1.807, 2.05) is 6.92 Å². The van der Waals surface area contributed by atoms with Gasteiger partial charge in [0.15, 0.2) is 5.89 Å². The van der Waals surface area contributed by atoms with Gasteiger partial charge in [-0.3, -0.25) is 0 Å². The average molecular weight is 166 g/mol. The topological polar surface area (TPSA) is 38.1 Å². The minimum atomic E-state index is 0.592. The molecule has 2 rings (SSSR count). The van der Waals surface area contributed by atoms with Crippen LogP contribution in [0.4, 0.5) is 0 Å². The largest absolute Gasteiger partial charge is 0.446 e. The van der Waals surface area contributed by atoms with E-state index in [9.17, 15) is 0 Å². The number of hydrogen-bond acceptors (Lipinski definition) is 3. The van der Waals surface area contributed by atoms with Gasteiger partial charge in [-0.1, -0.05) is 6.92 Å². The highest BCUT2D eigenvalue weighted by Crippen LogP contribution is 2.23. The summed E-state index contributed by atoms with van der Waals surface area (Å²) in [5.74, 6) is 2.46. The molecule has 0 atom stereocenters. The number of rotatable bonds is 2. The van der Waals surface area contributed by atoms with Gasteiger partial charge in [-0.15, -0.1) is 0 Å². The molecule has 2 heterocycles. The van der Waals surface area contributed by atoms with Gasteiger partial charge in [0.1, 0.15) is 5.76 Å². The normalized spacial score (nSPS) is 17.8.